The second-order valence-corrected chi connectivity index (χ2v) is 10.8. The first-order valence-electron chi connectivity index (χ1n) is 13.6. The number of nitrogens with zero attached hydrogens (tertiary/aromatic N) is 4. The van der Waals surface area contributed by atoms with Crippen molar-refractivity contribution in [3.05, 3.63) is 101 Å². The van der Waals surface area contributed by atoms with Crippen molar-refractivity contribution in [3.63, 3.8) is 0 Å². The van der Waals surface area contributed by atoms with E-state index in [0.717, 1.165) is 27.9 Å². The fourth-order valence-corrected chi connectivity index (χ4v) is 5.72. The van der Waals surface area contributed by atoms with E-state index >= 15 is 0 Å². The topological polar surface area (TPSA) is 123 Å². The number of ether oxygens (including phenoxy) is 2. The normalized spacial score (nSPS) is 20.5. The number of tetrazole rings is 1. The molecule has 10 nitrogen and oxygen atoms in total. The van der Waals surface area contributed by atoms with Crippen molar-refractivity contribution in [2.45, 2.75) is 50.7 Å². The molecule has 0 bridgehead atoms. The van der Waals surface area contributed by atoms with Crippen LogP contribution >= 0.6 is 11.8 Å². The first-order chi connectivity index (χ1) is 20.1. The number of urea groups is 1. The minimum absolute atomic E-state index is 0.0101. The average Bonchev–Trinajstić information content (AvgIpc) is 3.49. The Labute approximate surface area is 243 Å². The van der Waals surface area contributed by atoms with E-state index < -0.39 is 6.29 Å². The SMILES string of the molecule is CCNC(=O)NCc1ccc(C2OC(CSc3nnnn3-c3ccccc3)C(C)C(c3ccc(CO)cc3)O2)cc1. The van der Waals surface area contributed by atoms with Gasteiger partial charge in [0.15, 0.2) is 6.29 Å². The zero-order valence-electron chi connectivity index (χ0n) is 23.0. The summed E-state index contributed by atoms with van der Waals surface area (Å²) in [6.07, 6.45) is -0.979. The number of hydrogen-bond donors (Lipinski definition) is 3. The van der Waals surface area contributed by atoms with Crippen molar-refractivity contribution < 1.29 is 19.4 Å². The number of rotatable bonds is 10. The number of nitrogens with one attached hydrogen (secondary N) is 2. The van der Waals surface area contributed by atoms with Gasteiger partial charge in [0.05, 0.1) is 24.5 Å². The lowest BCUT2D eigenvalue weighted by Gasteiger charge is -2.41. The average molecular weight is 575 g/mol. The van der Waals surface area contributed by atoms with Gasteiger partial charge in [-0.05, 0) is 46.2 Å². The highest BCUT2D eigenvalue weighted by Gasteiger charge is 2.38. The highest BCUT2D eigenvalue weighted by molar-refractivity contribution is 7.99. The van der Waals surface area contributed by atoms with Crippen LogP contribution in [0.2, 0.25) is 0 Å². The van der Waals surface area contributed by atoms with Crippen LogP contribution in [0.1, 0.15) is 48.5 Å². The molecule has 1 saturated heterocycles. The minimum atomic E-state index is -0.588. The second kappa shape index (κ2) is 13.7. The molecule has 1 aliphatic heterocycles. The third-order valence-corrected chi connectivity index (χ3v) is 7.99. The van der Waals surface area contributed by atoms with E-state index in [1.807, 2.05) is 85.8 Å². The summed E-state index contributed by atoms with van der Waals surface area (Å²) in [5, 5.41) is 28.1. The molecular formula is C30H34N6O4S. The first kappa shape index (κ1) is 28.7. The van der Waals surface area contributed by atoms with Gasteiger partial charge in [-0.2, -0.15) is 4.68 Å². The van der Waals surface area contributed by atoms with Crippen LogP contribution in [-0.2, 0) is 22.6 Å². The molecule has 214 valence electrons. The maximum atomic E-state index is 11.8. The Kier molecular flexibility index (Phi) is 9.63. The van der Waals surface area contributed by atoms with E-state index in [4.69, 9.17) is 9.47 Å². The van der Waals surface area contributed by atoms with Gasteiger partial charge in [0.1, 0.15) is 0 Å². The smallest absolute Gasteiger partial charge is 0.315 e. The molecule has 0 saturated carbocycles. The number of amides is 2. The molecule has 3 N–H and O–H groups in total. The lowest BCUT2D eigenvalue weighted by atomic mass is 9.91. The molecule has 0 spiro atoms. The summed E-state index contributed by atoms with van der Waals surface area (Å²) in [5.41, 5.74) is 4.62. The monoisotopic (exact) mass is 574 g/mol. The molecule has 4 unspecified atom stereocenters. The Morgan fingerprint density at radius 3 is 2.37 bits per heavy atom. The zero-order valence-corrected chi connectivity index (χ0v) is 23.8. The molecule has 1 fully saturated rings. The Bertz CT molecular complexity index is 1400. The Balaban J connectivity index is 1.34. The molecule has 5 rings (SSSR count). The summed E-state index contributed by atoms with van der Waals surface area (Å²) < 4.78 is 14.8. The molecule has 41 heavy (non-hydrogen) atoms. The summed E-state index contributed by atoms with van der Waals surface area (Å²) in [7, 11) is 0. The van der Waals surface area contributed by atoms with Crippen LogP contribution in [0.5, 0.6) is 0 Å². The molecule has 3 aromatic carbocycles. The summed E-state index contributed by atoms with van der Waals surface area (Å²) in [4.78, 5) is 11.8. The molecular weight excluding hydrogens is 540 g/mol. The largest absolute Gasteiger partial charge is 0.392 e. The number of aromatic nitrogens is 4. The standard InChI is InChI=1S/C30H34N6O4S/c1-3-31-29(38)32-17-21-9-15-24(16-10-21)28-39-26(20(2)27(40-28)23-13-11-22(18-37)12-14-23)19-41-30-33-34-35-36(30)25-7-5-4-6-8-25/h4-16,20,26-28,37H,3,17-19H2,1-2H3,(H2,31,32,38). The molecule has 0 aliphatic carbocycles. The van der Waals surface area contributed by atoms with Crippen molar-refractivity contribution in [1.82, 2.24) is 30.8 Å². The Morgan fingerprint density at radius 2 is 1.66 bits per heavy atom. The third-order valence-electron chi connectivity index (χ3n) is 6.98. The first-order valence-corrected chi connectivity index (χ1v) is 14.6. The number of hydrogen-bond acceptors (Lipinski definition) is 8. The lowest BCUT2D eigenvalue weighted by Crippen LogP contribution is -2.38. The number of aliphatic hydroxyl groups is 1. The molecule has 11 heteroatoms. The molecule has 4 aromatic rings. The maximum Gasteiger partial charge on any atom is 0.315 e. The minimum Gasteiger partial charge on any atom is -0.392 e. The predicted octanol–water partition coefficient (Wildman–Crippen LogP) is 4.56. The number of carbonyl (C=O) groups is 1. The van der Waals surface area contributed by atoms with E-state index in [2.05, 4.69) is 33.1 Å². The van der Waals surface area contributed by atoms with Crippen LogP contribution in [0.4, 0.5) is 4.79 Å². The van der Waals surface area contributed by atoms with E-state index in [9.17, 15) is 9.90 Å². The fourth-order valence-electron chi connectivity index (χ4n) is 4.66. The van der Waals surface area contributed by atoms with Crippen LogP contribution in [0.15, 0.2) is 84.0 Å². The lowest BCUT2D eigenvalue weighted by molar-refractivity contribution is -0.268. The molecule has 1 aliphatic rings. The second-order valence-electron chi connectivity index (χ2n) is 9.80. The quantitative estimate of drug-likeness (QED) is 0.236. The number of benzene rings is 3. The third kappa shape index (κ3) is 7.12. The Hall–Kier alpha value is -3.77. The maximum absolute atomic E-state index is 11.8. The van der Waals surface area contributed by atoms with Gasteiger partial charge >= 0.3 is 6.03 Å². The number of thioether (sulfide) groups is 1. The van der Waals surface area contributed by atoms with Crippen molar-refractivity contribution in [2.75, 3.05) is 12.3 Å². The number of aliphatic hydroxyl groups excluding tert-OH is 1. The number of para-hydroxylation sites is 1. The van der Waals surface area contributed by atoms with Gasteiger partial charge < -0.3 is 25.2 Å². The zero-order chi connectivity index (χ0) is 28.6. The summed E-state index contributed by atoms with van der Waals surface area (Å²) in [5.74, 6) is 0.647. The molecule has 2 heterocycles. The van der Waals surface area contributed by atoms with Gasteiger partial charge in [0.2, 0.25) is 5.16 Å². The Morgan fingerprint density at radius 1 is 0.951 bits per heavy atom. The van der Waals surface area contributed by atoms with Crippen molar-refractivity contribution in [2.24, 2.45) is 5.92 Å². The summed E-state index contributed by atoms with van der Waals surface area (Å²) in [6.45, 7) is 4.99. The van der Waals surface area contributed by atoms with E-state index in [1.54, 1.807) is 16.4 Å². The van der Waals surface area contributed by atoms with Gasteiger partial charge in [-0.3, -0.25) is 0 Å². The van der Waals surface area contributed by atoms with Gasteiger partial charge in [-0.15, -0.1) is 5.10 Å². The van der Waals surface area contributed by atoms with E-state index in [1.165, 1.54) is 0 Å². The van der Waals surface area contributed by atoms with E-state index in [-0.39, 0.29) is 30.8 Å². The van der Waals surface area contributed by atoms with Gasteiger partial charge in [0.25, 0.3) is 0 Å². The predicted molar refractivity (Wildman–Crippen MR) is 155 cm³/mol. The highest BCUT2D eigenvalue weighted by Crippen LogP contribution is 2.43. The summed E-state index contributed by atoms with van der Waals surface area (Å²) >= 11 is 1.54. The molecule has 4 atom stereocenters. The fraction of sp³-hybridized carbons (Fsp3) is 0.333. The molecule has 2 amide bonds. The molecule has 1 aromatic heterocycles. The van der Waals surface area contributed by atoms with Crippen molar-refractivity contribution in [1.29, 1.82) is 0 Å². The van der Waals surface area contributed by atoms with Crippen LogP contribution in [0, 0.1) is 5.92 Å². The summed E-state index contributed by atoms with van der Waals surface area (Å²) in [6, 6.07) is 25.3. The van der Waals surface area contributed by atoms with Gasteiger partial charge in [-0.25, -0.2) is 4.79 Å². The van der Waals surface area contributed by atoms with E-state index in [0.29, 0.717) is 24.0 Å². The van der Waals surface area contributed by atoms with Crippen LogP contribution in [-0.4, -0.2) is 49.7 Å². The van der Waals surface area contributed by atoms with Crippen LogP contribution in [0.25, 0.3) is 5.69 Å². The van der Waals surface area contributed by atoms with Crippen molar-refractivity contribution >= 4 is 17.8 Å². The molecule has 0 radical (unpaired) electrons. The van der Waals surface area contributed by atoms with Gasteiger partial charge in [-0.1, -0.05) is 85.4 Å². The van der Waals surface area contributed by atoms with Crippen LogP contribution in [0.3, 0.4) is 0 Å². The van der Waals surface area contributed by atoms with Crippen LogP contribution < -0.4 is 10.6 Å². The highest BCUT2D eigenvalue weighted by atomic mass is 32.2. The van der Waals surface area contributed by atoms with Gasteiger partial charge in [0, 0.05) is 30.3 Å². The number of carbonyl (C=O) groups excluding carboxylic acids is 1. The van der Waals surface area contributed by atoms with Crippen molar-refractivity contribution in [3.8, 4) is 5.69 Å².